The Morgan fingerprint density at radius 2 is 2.06 bits per heavy atom. The van der Waals surface area contributed by atoms with Crippen LogP contribution in [-0.4, -0.2) is 18.0 Å². The summed E-state index contributed by atoms with van der Waals surface area (Å²) in [7, 11) is 0. The fourth-order valence-electron chi connectivity index (χ4n) is 3.56. The van der Waals surface area contributed by atoms with Gasteiger partial charge in [0.25, 0.3) is 0 Å². The van der Waals surface area contributed by atoms with E-state index in [2.05, 4.69) is 4.90 Å². The van der Waals surface area contributed by atoms with Gasteiger partial charge < -0.3 is 10.2 Å². The van der Waals surface area contributed by atoms with Gasteiger partial charge >= 0.3 is 0 Å². The summed E-state index contributed by atoms with van der Waals surface area (Å²) < 4.78 is 5.56. The number of hydrogen-bond acceptors (Lipinski definition) is 3. The largest absolute Gasteiger partial charge is 0.468 e. The fourth-order valence-corrected chi connectivity index (χ4v) is 3.56. The van der Waals surface area contributed by atoms with Crippen molar-refractivity contribution in [2.75, 3.05) is 13.1 Å². The molecule has 1 saturated heterocycles. The van der Waals surface area contributed by atoms with Gasteiger partial charge in [-0.05, 0) is 37.2 Å². The van der Waals surface area contributed by atoms with E-state index in [1.165, 1.54) is 44.3 Å². The van der Waals surface area contributed by atoms with Crippen LogP contribution in [0.15, 0.2) is 16.7 Å². The number of nitrogens with zero attached hydrogens (tertiary/aromatic N) is 1. The molecule has 1 aliphatic heterocycles. The second kappa shape index (κ2) is 4.83. The number of fused-ring (bicyclic) bond motifs is 2. The molecule has 3 rings (SSSR count). The average molecular weight is 234 g/mol. The predicted octanol–water partition coefficient (Wildman–Crippen LogP) is 2.36. The molecule has 2 unspecified atom stereocenters. The van der Waals surface area contributed by atoms with Gasteiger partial charge in [-0.2, -0.15) is 0 Å². The molecule has 2 N–H and O–H groups in total. The molecule has 3 nitrogen and oxygen atoms in total. The second-order valence-electron chi connectivity index (χ2n) is 5.67. The van der Waals surface area contributed by atoms with E-state index in [9.17, 15) is 0 Å². The van der Waals surface area contributed by atoms with E-state index < -0.39 is 0 Å². The third-order valence-electron chi connectivity index (χ3n) is 4.35. The lowest BCUT2D eigenvalue weighted by atomic mass is 9.78. The molecular formula is C14H22N2O. The van der Waals surface area contributed by atoms with Crippen LogP contribution in [-0.2, 0) is 13.1 Å². The van der Waals surface area contributed by atoms with Crippen LogP contribution in [0.25, 0.3) is 0 Å². The van der Waals surface area contributed by atoms with Crippen molar-refractivity contribution in [2.45, 2.75) is 38.8 Å². The zero-order valence-electron chi connectivity index (χ0n) is 10.4. The van der Waals surface area contributed by atoms with E-state index in [-0.39, 0.29) is 0 Å². The van der Waals surface area contributed by atoms with Crippen molar-refractivity contribution >= 4 is 0 Å². The normalized spacial score (nSPS) is 29.5. The van der Waals surface area contributed by atoms with Crippen molar-refractivity contribution in [1.29, 1.82) is 0 Å². The minimum absolute atomic E-state index is 0.590. The maximum absolute atomic E-state index is 5.71. The first kappa shape index (κ1) is 11.3. The molecule has 2 atom stereocenters. The standard InChI is InChI=1S/C14H22N2O/c15-7-13-4-5-17-14(13)10-16-8-11-2-1-3-12(6-11)9-16/h4-5,11-12H,1-3,6-10,15H2. The van der Waals surface area contributed by atoms with Crippen molar-refractivity contribution in [2.24, 2.45) is 17.6 Å². The Morgan fingerprint density at radius 3 is 2.76 bits per heavy atom. The smallest absolute Gasteiger partial charge is 0.122 e. The van der Waals surface area contributed by atoms with E-state index in [1.807, 2.05) is 6.07 Å². The number of hydrogen-bond donors (Lipinski definition) is 1. The zero-order chi connectivity index (χ0) is 11.7. The summed E-state index contributed by atoms with van der Waals surface area (Å²) >= 11 is 0. The van der Waals surface area contributed by atoms with Gasteiger partial charge in [-0.15, -0.1) is 0 Å². The Labute approximate surface area is 103 Å². The van der Waals surface area contributed by atoms with E-state index in [4.69, 9.17) is 10.2 Å². The molecule has 1 aromatic heterocycles. The van der Waals surface area contributed by atoms with Crippen LogP contribution < -0.4 is 5.73 Å². The lowest BCUT2D eigenvalue weighted by molar-refractivity contribution is 0.0754. The average Bonchev–Trinajstić information content (AvgIpc) is 2.76. The first-order valence-electron chi connectivity index (χ1n) is 6.83. The van der Waals surface area contributed by atoms with Gasteiger partial charge in [-0.3, -0.25) is 4.90 Å². The maximum atomic E-state index is 5.71. The molecule has 2 bridgehead atoms. The minimum atomic E-state index is 0.590. The molecule has 0 radical (unpaired) electrons. The van der Waals surface area contributed by atoms with Crippen LogP contribution >= 0.6 is 0 Å². The van der Waals surface area contributed by atoms with E-state index in [0.29, 0.717) is 6.54 Å². The molecule has 2 heterocycles. The Hall–Kier alpha value is -0.800. The molecule has 1 aromatic rings. The number of furan rings is 1. The molecule has 2 aliphatic rings. The fraction of sp³-hybridized carbons (Fsp3) is 0.714. The molecule has 0 amide bonds. The molecule has 17 heavy (non-hydrogen) atoms. The van der Waals surface area contributed by atoms with Crippen molar-refractivity contribution in [3.8, 4) is 0 Å². The van der Waals surface area contributed by atoms with Crippen LogP contribution in [0.4, 0.5) is 0 Å². The third-order valence-corrected chi connectivity index (χ3v) is 4.35. The lowest BCUT2D eigenvalue weighted by Gasteiger charge is -2.41. The van der Waals surface area contributed by atoms with E-state index in [0.717, 1.165) is 24.1 Å². The number of rotatable bonds is 3. The number of likely N-dealkylation sites (tertiary alicyclic amines) is 1. The van der Waals surface area contributed by atoms with Crippen LogP contribution in [0, 0.1) is 11.8 Å². The monoisotopic (exact) mass is 234 g/mol. The molecule has 2 fully saturated rings. The Kier molecular flexibility index (Phi) is 3.21. The highest BCUT2D eigenvalue weighted by molar-refractivity contribution is 5.16. The maximum Gasteiger partial charge on any atom is 0.122 e. The van der Waals surface area contributed by atoms with E-state index in [1.54, 1.807) is 6.26 Å². The molecular weight excluding hydrogens is 212 g/mol. The van der Waals surface area contributed by atoms with Gasteiger partial charge in [0.15, 0.2) is 0 Å². The second-order valence-corrected chi connectivity index (χ2v) is 5.67. The highest BCUT2D eigenvalue weighted by atomic mass is 16.3. The SMILES string of the molecule is NCc1ccoc1CN1CC2CCCC(C2)C1. The Morgan fingerprint density at radius 1 is 1.29 bits per heavy atom. The molecule has 94 valence electrons. The van der Waals surface area contributed by atoms with Crippen molar-refractivity contribution < 1.29 is 4.42 Å². The summed E-state index contributed by atoms with van der Waals surface area (Å²) in [5, 5.41) is 0. The lowest BCUT2D eigenvalue weighted by Crippen LogP contribution is -2.42. The molecule has 1 aliphatic carbocycles. The summed E-state index contributed by atoms with van der Waals surface area (Å²) in [6.07, 6.45) is 7.52. The first-order chi connectivity index (χ1) is 8.35. The van der Waals surface area contributed by atoms with Gasteiger partial charge in [0.05, 0.1) is 12.8 Å². The summed E-state index contributed by atoms with van der Waals surface area (Å²) in [4.78, 5) is 2.57. The topological polar surface area (TPSA) is 42.4 Å². The quantitative estimate of drug-likeness (QED) is 0.873. The highest BCUT2D eigenvalue weighted by Crippen LogP contribution is 2.35. The van der Waals surface area contributed by atoms with Crippen LogP contribution in [0.3, 0.4) is 0 Å². The Bertz CT molecular complexity index is 362. The van der Waals surface area contributed by atoms with Crippen LogP contribution in [0.2, 0.25) is 0 Å². The van der Waals surface area contributed by atoms with Crippen molar-refractivity contribution in [3.05, 3.63) is 23.7 Å². The van der Waals surface area contributed by atoms with E-state index >= 15 is 0 Å². The van der Waals surface area contributed by atoms with Crippen LogP contribution in [0.5, 0.6) is 0 Å². The van der Waals surface area contributed by atoms with Gasteiger partial charge in [0.1, 0.15) is 5.76 Å². The van der Waals surface area contributed by atoms with Gasteiger partial charge in [0.2, 0.25) is 0 Å². The first-order valence-corrected chi connectivity index (χ1v) is 6.83. The van der Waals surface area contributed by atoms with Crippen molar-refractivity contribution in [3.63, 3.8) is 0 Å². The Balaban J connectivity index is 1.65. The third kappa shape index (κ3) is 2.40. The van der Waals surface area contributed by atoms with Crippen LogP contribution in [0.1, 0.15) is 37.0 Å². The highest BCUT2D eigenvalue weighted by Gasteiger charge is 2.30. The van der Waals surface area contributed by atoms with Gasteiger partial charge in [-0.1, -0.05) is 6.42 Å². The van der Waals surface area contributed by atoms with Gasteiger partial charge in [0, 0.05) is 25.2 Å². The summed E-state index contributed by atoms with van der Waals surface area (Å²) in [5.41, 5.74) is 6.88. The number of piperidine rings is 1. The molecule has 1 saturated carbocycles. The molecule has 0 aromatic carbocycles. The summed E-state index contributed by atoms with van der Waals surface area (Å²) in [6, 6.07) is 2.00. The summed E-state index contributed by atoms with van der Waals surface area (Å²) in [5.74, 6) is 2.94. The molecule has 3 heteroatoms. The predicted molar refractivity (Wildman–Crippen MR) is 67.3 cm³/mol. The summed E-state index contributed by atoms with van der Waals surface area (Å²) in [6.45, 7) is 4.04. The zero-order valence-corrected chi connectivity index (χ0v) is 10.4. The van der Waals surface area contributed by atoms with Crippen molar-refractivity contribution in [1.82, 2.24) is 4.90 Å². The number of nitrogens with two attached hydrogens (primary N) is 1. The van der Waals surface area contributed by atoms with Gasteiger partial charge in [-0.25, -0.2) is 0 Å². The minimum Gasteiger partial charge on any atom is -0.468 e. The molecule has 0 spiro atoms.